The number of amides is 1. The van der Waals surface area contributed by atoms with Crippen molar-refractivity contribution in [3.05, 3.63) is 29.6 Å². The van der Waals surface area contributed by atoms with Crippen molar-refractivity contribution >= 4 is 11.6 Å². The van der Waals surface area contributed by atoms with E-state index in [2.05, 4.69) is 5.32 Å². The van der Waals surface area contributed by atoms with Crippen LogP contribution in [-0.2, 0) is 4.74 Å². The molecule has 1 aliphatic rings. The van der Waals surface area contributed by atoms with Gasteiger partial charge in [0.1, 0.15) is 5.82 Å². The molecule has 110 valence electrons. The summed E-state index contributed by atoms with van der Waals surface area (Å²) < 4.78 is 18.6. The van der Waals surface area contributed by atoms with E-state index in [-0.39, 0.29) is 11.6 Å². The third-order valence-corrected chi connectivity index (χ3v) is 3.55. The van der Waals surface area contributed by atoms with E-state index in [1.807, 2.05) is 0 Å². The molecular formula is C15H21FN2O2. The topological polar surface area (TPSA) is 64.4 Å². The van der Waals surface area contributed by atoms with Crippen molar-refractivity contribution in [2.75, 3.05) is 18.9 Å². The number of nitrogens with one attached hydrogen (secondary N) is 1. The summed E-state index contributed by atoms with van der Waals surface area (Å²) in [4.78, 5) is 11.9. The van der Waals surface area contributed by atoms with Crippen LogP contribution in [0.25, 0.3) is 0 Å². The molecule has 0 unspecified atom stereocenters. The van der Waals surface area contributed by atoms with E-state index in [0.717, 1.165) is 18.9 Å². The van der Waals surface area contributed by atoms with E-state index < -0.39 is 5.82 Å². The maximum Gasteiger partial charge on any atom is 0.253 e. The maximum atomic E-state index is 12.9. The smallest absolute Gasteiger partial charge is 0.253 e. The number of halogens is 1. The summed E-state index contributed by atoms with van der Waals surface area (Å²) in [6, 6.07) is 3.76. The Labute approximate surface area is 118 Å². The number of rotatable bonds is 5. The predicted molar refractivity (Wildman–Crippen MR) is 76.0 cm³/mol. The Morgan fingerprint density at radius 2 is 2.10 bits per heavy atom. The van der Waals surface area contributed by atoms with Crippen LogP contribution in [0.5, 0.6) is 0 Å². The molecule has 0 atom stereocenters. The van der Waals surface area contributed by atoms with Crippen LogP contribution in [0.15, 0.2) is 18.2 Å². The van der Waals surface area contributed by atoms with E-state index >= 15 is 0 Å². The van der Waals surface area contributed by atoms with Gasteiger partial charge >= 0.3 is 0 Å². The van der Waals surface area contributed by atoms with Crippen molar-refractivity contribution in [2.45, 2.75) is 38.2 Å². The summed E-state index contributed by atoms with van der Waals surface area (Å²) in [7, 11) is 0. The summed E-state index contributed by atoms with van der Waals surface area (Å²) in [5.74, 6) is -0.741. The number of carbonyl (C=O) groups excluding carboxylic acids is 1. The SMILES string of the molecule is Nc1cc(F)ccc1C(=O)NCCOC1CCCCC1. The van der Waals surface area contributed by atoms with E-state index in [1.165, 1.54) is 31.4 Å². The number of hydrogen-bond donors (Lipinski definition) is 2. The van der Waals surface area contributed by atoms with Gasteiger partial charge in [0.05, 0.1) is 18.3 Å². The first-order valence-corrected chi connectivity index (χ1v) is 7.11. The second kappa shape index (κ2) is 7.24. The van der Waals surface area contributed by atoms with Crippen LogP contribution in [0, 0.1) is 5.82 Å². The first-order valence-electron chi connectivity index (χ1n) is 7.11. The zero-order valence-electron chi connectivity index (χ0n) is 11.5. The molecule has 0 heterocycles. The fourth-order valence-electron chi connectivity index (χ4n) is 2.46. The Kier molecular flexibility index (Phi) is 5.35. The van der Waals surface area contributed by atoms with Gasteiger partial charge in [0, 0.05) is 12.2 Å². The lowest BCUT2D eigenvalue weighted by Crippen LogP contribution is -2.29. The molecule has 4 nitrogen and oxygen atoms in total. The average Bonchev–Trinajstić information content (AvgIpc) is 2.44. The van der Waals surface area contributed by atoms with E-state index in [0.29, 0.717) is 24.8 Å². The molecule has 1 aromatic rings. The fourth-order valence-corrected chi connectivity index (χ4v) is 2.46. The molecule has 5 heteroatoms. The minimum absolute atomic E-state index is 0.149. The highest BCUT2D eigenvalue weighted by atomic mass is 19.1. The summed E-state index contributed by atoms with van der Waals surface area (Å²) in [5, 5.41) is 2.73. The standard InChI is InChI=1S/C15H21FN2O2/c16-11-6-7-13(14(17)10-11)15(19)18-8-9-20-12-4-2-1-3-5-12/h6-7,10,12H,1-5,8-9,17H2,(H,18,19). The molecule has 1 aromatic carbocycles. The number of ether oxygens (including phenoxy) is 1. The quantitative estimate of drug-likeness (QED) is 0.643. The molecule has 0 saturated heterocycles. The zero-order valence-corrected chi connectivity index (χ0v) is 11.5. The Hall–Kier alpha value is -1.62. The number of carbonyl (C=O) groups is 1. The Balaban J connectivity index is 1.72. The van der Waals surface area contributed by atoms with Crippen molar-refractivity contribution in [3.63, 3.8) is 0 Å². The second-order valence-corrected chi connectivity index (χ2v) is 5.12. The number of hydrogen-bond acceptors (Lipinski definition) is 3. The molecule has 0 radical (unpaired) electrons. The summed E-state index contributed by atoms with van der Waals surface area (Å²) in [6.07, 6.45) is 6.29. The van der Waals surface area contributed by atoms with Gasteiger partial charge < -0.3 is 15.8 Å². The summed E-state index contributed by atoms with van der Waals surface area (Å²) in [5.41, 5.74) is 6.06. The Bertz CT molecular complexity index is 459. The average molecular weight is 280 g/mol. The van der Waals surface area contributed by atoms with Gasteiger partial charge in [-0.25, -0.2) is 4.39 Å². The highest BCUT2D eigenvalue weighted by molar-refractivity contribution is 5.99. The fraction of sp³-hybridized carbons (Fsp3) is 0.533. The molecular weight excluding hydrogens is 259 g/mol. The van der Waals surface area contributed by atoms with Crippen LogP contribution in [0.2, 0.25) is 0 Å². The molecule has 0 bridgehead atoms. The molecule has 20 heavy (non-hydrogen) atoms. The van der Waals surface area contributed by atoms with Gasteiger partial charge in [-0.1, -0.05) is 19.3 Å². The Morgan fingerprint density at radius 1 is 1.35 bits per heavy atom. The molecule has 0 aromatic heterocycles. The second-order valence-electron chi connectivity index (χ2n) is 5.12. The lowest BCUT2D eigenvalue weighted by atomic mass is 9.98. The molecule has 1 saturated carbocycles. The zero-order chi connectivity index (χ0) is 14.4. The predicted octanol–water partition coefficient (Wildman–Crippen LogP) is 2.49. The van der Waals surface area contributed by atoms with Crippen LogP contribution in [0.1, 0.15) is 42.5 Å². The van der Waals surface area contributed by atoms with Gasteiger partial charge in [0.15, 0.2) is 0 Å². The van der Waals surface area contributed by atoms with E-state index in [1.54, 1.807) is 0 Å². The summed E-state index contributed by atoms with van der Waals surface area (Å²) >= 11 is 0. The molecule has 0 spiro atoms. The monoisotopic (exact) mass is 280 g/mol. The third kappa shape index (κ3) is 4.20. The van der Waals surface area contributed by atoms with Crippen LogP contribution in [-0.4, -0.2) is 25.2 Å². The molecule has 3 N–H and O–H groups in total. The normalized spacial score (nSPS) is 16.1. The van der Waals surface area contributed by atoms with Gasteiger partial charge in [-0.3, -0.25) is 4.79 Å². The van der Waals surface area contributed by atoms with Crippen molar-refractivity contribution in [3.8, 4) is 0 Å². The number of nitrogens with two attached hydrogens (primary N) is 1. The van der Waals surface area contributed by atoms with E-state index in [9.17, 15) is 9.18 Å². The van der Waals surface area contributed by atoms with Crippen LogP contribution in [0.3, 0.4) is 0 Å². The third-order valence-electron chi connectivity index (χ3n) is 3.55. The van der Waals surface area contributed by atoms with Crippen LogP contribution in [0.4, 0.5) is 10.1 Å². The summed E-state index contributed by atoms with van der Waals surface area (Å²) in [6.45, 7) is 0.934. The highest BCUT2D eigenvalue weighted by Gasteiger charge is 2.14. The molecule has 1 amide bonds. The lowest BCUT2D eigenvalue weighted by Gasteiger charge is -2.22. The number of benzene rings is 1. The first kappa shape index (κ1) is 14.8. The number of nitrogen functional groups attached to an aromatic ring is 1. The molecule has 1 fully saturated rings. The van der Waals surface area contributed by atoms with Gasteiger partial charge in [-0.2, -0.15) is 0 Å². The van der Waals surface area contributed by atoms with Crippen LogP contribution >= 0.6 is 0 Å². The van der Waals surface area contributed by atoms with Crippen molar-refractivity contribution in [2.24, 2.45) is 0 Å². The minimum atomic E-state index is -0.445. The largest absolute Gasteiger partial charge is 0.398 e. The minimum Gasteiger partial charge on any atom is -0.398 e. The maximum absolute atomic E-state index is 12.9. The number of anilines is 1. The molecule has 0 aliphatic heterocycles. The van der Waals surface area contributed by atoms with Gasteiger partial charge in [-0.15, -0.1) is 0 Å². The van der Waals surface area contributed by atoms with Crippen molar-refractivity contribution in [1.82, 2.24) is 5.32 Å². The van der Waals surface area contributed by atoms with Gasteiger partial charge in [-0.05, 0) is 31.0 Å². The Morgan fingerprint density at radius 3 is 2.80 bits per heavy atom. The van der Waals surface area contributed by atoms with Gasteiger partial charge in [0.2, 0.25) is 0 Å². The lowest BCUT2D eigenvalue weighted by molar-refractivity contribution is 0.0299. The van der Waals surface area contributed by atoms with Crippen molar-refractivity contribution in [1.29, 1.82) is 0 Å². The molecule has 2 rings (SSSR count). The van der Waals surface area contributed by atoms with Gasteiger partial charge in [0.25, 0.3) is 5.91 Å². The highest BCUT2D eigenvalue weighted by Crippen LogP contribution is 2.20. The van der Waals surface area contributed by atoms with Crippen LogP contribution < -0.4 is 11.1 Å². The van der Waals surface area contributed by atoms with Crippen molar-refractivity contribution < 1.29 is 13.9 Å². The van der Waals surface area contributed by atoms with E-state index in [4.69, 9.17) is 10.5 Å². The molecule has 1 aliphatic carbocycles. The first-order chi connectivity index (χ1) is 9.66.